The van der Waals surface area contributed by atoms with E-state index >= 15 is 0 Å². The summed E-state index contributed by atoms with van der Waals surface area (Å²) in [6.07, 6.45) is 2.25. The molecule has 4 heteroatoms. The van der Waals surface area contributed by atoms with E-state index in [1.807, 2.05) is 11.8 Å². The summed E-state index contributed by atoms with van der Waals surface area (Å²) < 4.78 is -0.115. The third kappa shape index (κ3) is 2.31. The number of carbonyl (C=O) groups excluding carboxylic acids is 1. The van der Waals surface area contributed by atoms with Gasteiger partial charge in [-0.05, 0) is 32.6 Å². The fraction of sp³-hybridized carbons (Fsp3) is 0.909. The number of hydrogen-bond acceptors (Lipinski definition) is 3. The van der Waals surface area contributed by atoms with Crippen molar-refractivity contribution < 1.29 is 4.79 Å². The number of hydrogen-bond donors (Lipinski definition) is 0. The van der Waals surface area contributed by atoms with Gasteiger partial charge in [0, 0.05) is 26.2 Å². The number of nitrogens with zero attached hydrogens (tertiary/aromatic N) is 2. The Hall–Kier alpha value is -0.220. The van der Waals surface area contributed by atoms with Gasteiger partial charge in [0.1, 0.15) is 0 Å². The first-order chi connectivity index (χ1) is 7.12. The zero-order chi connectivity index (χ0) is 10.9. The highest BCUT2D eigenvalue weighted by molar-refractivity contribution is 8.01. The predicted octanol–water partition coefficient (Wildman–Crippen LogP) is 1.05. The van der Waals surface area contributed by atoms with E-state index in [9.17, 15) is 4.79 Å². The topological polar surface area (TPSA) is 23.6 Å². The van der Waals surface area contributed by atoms with E-state index in [2.05, 4.69) is 23.8 Å². The summed E-state index contributed by atoms with van der Waals surface area (Å²) in [4.78, 5) is 16.7. The van der Waals surface area contributed by atoms with Crippen molar-refractivity contribution in [3.05, 3.63) is 0 Å². The van der Waals surface area contributed by atoms with Crippen LogP contribution in [0, 0.1) is 0 Å². The lowest BCUT2D eigenvalue weighted by atomic mass is 10.0. The van der Waals surface area contributed by atoms with Crippen LogP contribution >= 0.6 is 11.8 Å². The Balaban J connectivity index is 1.95. The monoisotopic (exact) mass is 228 g/mol. The Bertz CT molecular complexity index is 243. The van der Waals surface area contributed by atoms with E-state index in [-0.39, 0.29) is 4.75 Å². The summed E-state index contributed by atoms with van der Waals surface area (Å²) in [6, 6.07) is 0. The first-order valence-corrected chi connectivity index (χ1v) is 6.72. The second kappa shape index (κ2) is 4.34. The molecule has 2 aliphatic rings. The molecule has 15 heavy (non-hydrogen) atoms. The molecule has 0 N–H and O–H groups in total. The van der Waals surface area contributed by atoms with Crippen molar-refractivity contribution in [1.29, 1.82) is 0 Å². The molecule has 86 valence electrons. The number of rotatable bonds is 1. The highest BCUT2D eigenvalue weighted by Gasteiger charge is 2.40. The average Bonchev–Trinajstić information content (AvgIpc) is 2.67. The Morgan fingerprint density at radius 1 is 1.27 bits per heavy atom. The molecule has 1 amide bonds. The van der Waals surface area contributed by atoms with Crippen LogP contribution in [0.4, 0.5) is 0 Å². The molecule has 2 rings (SSSR count). The van der Waals surface area contributed by atoms with Crippen LogP contribution in [-0.4, -0.2) is 59.4 Å². The van der Waals surface area contributed by atoms with Crippen LogP contribution in [0.15, 0.2) is 0 Å². The van der Waals surface area contributed by atoms with Crippen molar-refractivity contribution >= 4 is 17.7 Å². The molecule has 0 bridgehead atoms. The van der Waals surface area contributed by atoms with E-state index in [0.29, 0.717) is 5.91 Å². The van der Waals surface area contributed by atoms with Gasteiger partial charge in [0.25, 0.3) is 0 Å². The maximum atomic E-state index is 12.3. The van der Waals surface area contributed by atoms with Crippen LogP contribution in [0.2, 0.25) is 0 Å². The number of piperazine rings is 1. The molecular weight excluding hydrogens is 208 g/mol. The van der Waals surface area contributed by atoms with Crippen molar-refractivity contribution in [3.8, 4) is 0 Å². The molecule has 3 nitrogen and oxygen atoms in total. The molecule has 0 aromatic rings. The molecule has 0 aromatic carbocycles. The number of thioether (sulfide) groups is 1. The van der Waals surface area contributed by atoms with E-state index < -0.39 is 0 Å². The van der Waals surface area contributed by atoms with Gasteiger partial charge in [-0.25, -0.2) is 0 Å². The summed E-state index contributed by atoms with van der Waals surface area (Å²) in [5.41, 5.74) is 0. The molecule has 1 unspecified atom stereocenters. The SMILES string of the molecule is CN1CCN(C(=O)C2(C)CCCS2)CC1. The Kier molecular flexibility index (Phi) is 3.26. The summed E-state index contributed by atoms with van der Waals surface area (Å²) in [5, 5.41) is 0. The molecule has 2 heterocycles. The Morgan fingerprint density at radius 2 is 1.93 bits per heavy atom. The largest absolute Gasteiger partial charge is 0.339 e. The quantitative estimate of drug-likeness (QED) is 0.670. The lowest BCUT2D eigenvalue weighted by Crippen LogP contribution is -2.52. The smallest absolute Gasteiger partial charge is 0.238 e. The van der Waals surface area contributed by atoms with Crippen molar-refractivity contribution in [2.45, 2.75) is 24.5 Å². The van der Waals surface area contributed by atoms with Crippen molar-refractivity contribution in [1.82, 2.24) is 9.80 Å². The third-order valence-electron chi connectivity index (χ3n) is 3.46. The normalized spacial score (nSPS) is 33.3. The highest BCUT2D eigenvalue weighted by atomic mass is 32.2. The molecule has 1 atom stereocenters. The van der Waals surface area contributed by atoms with Crippen LogP contribution in [0.3, 0.4) is 0 Å². The van der Waals surface area contributed by atoms with Crippen LogP contribution < -0.4 is 0 Å². The molecule has 2 fully saturated rings. The first kappa shape index (κ1) is 11.3. The van der Waals surface area contributed by atoms with Gasteiger partial charge in [-0.3, -0.25) is 4.79 Å². The fourth-order valence-electron chi connectivity index (χ4n) is 2.29. The van der Waals surface area contributed by atoms with Gasteiger partial charge in [-0.15, -0.1) is 11.8 Å². The van der Waals surface area contributed by atoms with Crippen LogP contribution in [0.1, 0.15) is 19.8 Å². The van der Waals surface area contributed by atoms with Gasteiger partial charge in [0.15, 0.2) is 0 Å². The zero-order valence-corrected chi connectivity index (χ0v) is 10.5. The lowest BCUT2D eigenvalue weighted by Gasteiger charge is -2.36. The minimum Gasteiger partial charge on any atom is -0.339 e. The number of amides is 1. The van der Waals surface area contributed by atoms with Crippen LogP contribution in [0.25, 0.3) is 0 Å². The first-order valence-electron chi connectivity index (χ1n) is 5.74. The van der Waals surface area contributed by atoms with Crippen molar-refractivity contribution in [2.75, 3.05) is 39.0 Å². The number of likely N-dealkylation sites (N-methyl/N-ethyl adjacent to an activating group) is 1. The minimum absolute atomic E-state index is 0.115. The van der Waals surface area contributed by atoms with Crippen molar-refractivity contribution in [3.63, 3.8) is 0 Å². The zero-order valence-electron chi connectivity index (χ0n) is 9.66. The average molecular weight is 228 g/mol. The molecule has 0 aromatic heterocycles. The molecule has 0 aliphatic carbocycles. The Morgan fingerprint density at radius 3 is 2.47 bits per heavy atom. The minimum atomic E-state index is -0.115. The maximum absolute atomic E-state index is 12.3. The second-order valence-corrected chi connectivity index (χ2v) is 6.38. The lowest BCUT2D eigenvalue weighted by molar-refractivity contribution is -0.135. The van der Waals surface area contributed by atoms with Gasteiger partial charge < -0.3 is 9.80 Å². The van der Waals surface area contributed by atoms with Gasteiger partial charge in [-0.2, -0.15) is 0 Å². The van der Waals surface area contributed by atoms with Gasteiger partial charge in [0.2, 0.25) is 5.91 Å². The molecule has 2 aliphatic heterocycles. The van der Waals surface area contributed by atoms with Gasteiger partial charge >= 0.3 is 0 Å². The van der Waals surface area contributed by atoms with E-state index in [0.717, 1.165) is 38.4 Å². The fourth-order valence-corrected chi connectivity index (χ4v) is 3.57. The molecule has 0 spiro atoms. The molecule has 2 saturated heterocycles. The summed E-state index contributed by atoms with van der Waals surface area (Å²) in [7, 11) is 2.12. The van der Waals surface area contributed by atoms with Crippen LogP contribution in [-0.2, 0) is 4.79 Å². The number of carbonyl (C=O) groups is 1. The van der Waals surface area contributed by atoms with Crippen LogP contribution in [0.5, 0.6) is 0 Å². The van der Waals surface area contributed by atoms with Crippen molar-refractivity contribution in [2.24, 2.45) is 0 Å². The van der Waals surface area contributed by atoms with E-state index in [1.54, 1.807) is 0 Å². The maximum Gasteiger partial charge on any atom is 0.238 e. The van der Waals surface area contributed by atoms with E-state index in [1.165, 1.54) is 6.42 Å². The standard InChI is InChI=1S/C11H20N2OS/c1-11(4-3-9-15-11)10(14)13-7-5-12(2)6-8-13/h3-9H2,1-2H3. The van der Waals surface area contributed by atoms with Gasteiger partial charge in [0.05, 0.1) is 4.75 Å². The molecule has 0 radical (unpaired) electrons. The predicted molar refractivity (Wildman–Crippen MR) is 64.2 cm³/mol. The van der Waals surface area contributed by atoms with Gasteiger partial charge in [-0.1, -0.05) is 0 Å². The molecule has 0 saturated carbocycles. The highest BCUT2D eigenvalue weighted by Crippen LogP contribution is 2.39. The second-order valence-electron chi connectivity index (χ2n) is 4.78. The summed E-state index contributed by atoms with van der Waals surface area (Å²) in [6.45, 7) is 5.97. The third-order valence-corrected chi connectivity index (χ3v) is 4.97. The molecular formula is C11H20N2OS. The summed E-state index contributed by atoms with van der Waals surface area (Å²) in [5.74, 6) is 1.52. The summed E-state index contributed by atoms with van der Waals surface area (Å²) >= 11 is 1.84. The van der Waals surface area contributed by atoms with E-state index in [4.69, 9.17) is 0 Å². The Labute approximate surface area is 96.2 Å².